The minimum absolute atomic E-state index is 0.430. The van der Waals surface area contributed by atoms with Crippen molar-refractivity contribution in [1.82, 2.24) is 4.98 Å². The molecule has 0 N–H and O–H groups in total. The van der Waals surface area contributed by atoms with Crippen LogP contribution in [0.25, 0.3) is 0 Å². The lowest BCUT2D eigenvalue weighted by molar-refractivity contribution is 0.114. The molecule has 0 atom stereocenters. The highest BCUT2D eigenvalue weighted by molar-refractivity contribution is 5.15. The van der Waals surface area contributed by atoms with Crippen molar-refractivity contribution in [2.75, 3.05) is 0 Å². The predicted molar refractivity (Wildman–Crippen MR) is 58.6 cm³/mol. The Morgan fingerprint density at radius 3 is 2.50 bits per heavy atom. The molecule has 0 spiro atoms. The summed E-state index contributed by atoms with van der Waals surface area (Å²) in [5.74, 6) is 0.778. The van der Waals surface area contributed by atoms with E-state index in [1.807, 2.05) is 39.0 Å². The first-order valence-corrected chi connectivity index (χ1v) is 5.45. The van der Waals surface area contributed by atoms with Crippen LogP contribution in [0.2, 0.25) is 0 Å². The fraction of sp³-hybridized carbons (Fsp3) is 0.583. The highest BCUT2D eigenvalue weighted by Gasteiger charge is 2.19. The van der Waals surface area contributed by atoms with Crippen LogP contribution in [0.4, 0.5) is 0 Å². The molecule has 1 fully saturated rings. The van der Waals surface area contributed by atoms with Crippen LogP contribution in [0.15, 0.2) is 18.2 Å². The molecule has 0 aliphatic heterocycles. The van der Waals surface area contributed by atoms with Crippen molar-refractivity contribution in [1.29, 1.82) is 0 Å². The second kappa shape index (κ2) is 5.63. The summed E-state index contributed by atoms with van der Waals surface area (Å²) in [5, 5.41) is 0. The van der Waals surface area contributed by atoms with E-state index in [1.165, 1.54) is 19.3 Å². The Balaban J connectivity index is 0.000000461. The standard InChI is InChI=1S/C10H13NO.C2H6/c1-8-4-2-7-10(11-8)12-9-5-3-6-9;1-2/h2,4,7,9H,3,5-6H2,1H3;1-2H3. The highest BCUT2D eigenvalue weighted by atomic mass is 16.5. The number of aromatic nitrogens is 1. The lowest BCUT2D eigenvalue weighted by Crippen LogP contribution is -2.24. The van der Waals surface area contributed by atoms with E-state index in [2.05, 4.69) is 4.98 Å². The van der Waals surface area contributed by atoms with Gasteiger partial charge in [-0.15, -0.1) is 0 Å². The van der Waals surface area contributed by atoms with E-state index in [0.29, 0.717) is 6.10 Å². The smallest absolute Gasteiger partial charge is 0.213 e. The van der Waals surface area contributed by atoms with E-state index in [9.17, 15) is 0 Å². The van der Waals surface area contributed by atoms with Gasteiger partial charge in [0.25, 0.3) is 0 Å². The van der Waals surface area contributed by atoms with E-state index in [-0.39, 0.29) is 0 Å². The van der Waals surface area contributed by atoms with E-state index in [4.69, 9.17) is 4.74 Å². The molecule has 14 heavy (non-hydrogen) atoms. The van der Waals surface area contributed by atoms with Crippen LogP contribution in [-0.2, 0) is 0 Å². The zero-order valence-electron chi connectivity index (χ0n) is 9.29. The van der Waals surface area contributed by atoms with Crippen molar-refractivity contribution in [2.24, 2.45) is 0 Å². The molecule has 0 saturated heterocycles. The third-order valence-electron chi connectivity index (χ3n) is 2.20. The molecule has 1 aromatic heterocycles. The molecule has 1 saturated carbocycles. The van der Waals surface area contributed by atoms with E-state index in [0.717, 1.165) is 11.6 Å². The minimum atomic E-state index is 0.430. The molecule has 2 heteroatoms. The van der Waals surface area contributed by atoms with Gasteiger partial charge in [0.2, 0.25) is 5.88 Å². The van der Waals surface area contributed by atoms with Crippen LogP contribution >= 0.6 is 0 Å². The third kappa shape index (κ3) is 3.02. The van der Waals surface area contributed by atoms with Crippen LogP contribution < -0.4 is 4.74 Å². The maximum absolute atomic E-state index is 5.62. The molecule has 1 aromatic rings. The van der Waals surface area contributed by atoms with Crippen molar-refractivity contribution in [3.8, 4) is 5.88 Å². The zero-order valence-corrected chi connectivity index (χ0v) is 9.29. The van der Waals surface area contributed by atoms with Gasteiger partial charge in [0.15, 0.2) is 0 Å². The third-order valence-corrected chi connectivity index (χ3v) is 2.20. The number of hydrogen-bond donors (Lipinski definition) is 0. The quantitative estimate of drug-likeness (QED) is 0.718. The number of ether oxygens (including phenoxy) is 1. The summed E-state index contributed by atoms with van der Waals surface area (Å²) < 4.78 is 5.62. The number of aryl methyl sites for hydroxylation is 1. The Hall–Kier alpha value is -1.05. The summed E-state index contributed by atoms with van der Waals surface area (Å²) in [5.41, 5.74) is 1.02. The molecule has 2 rings (SSSR count). The van der Waals surface area contributed by atoms with Gasteiger partial charge in [0.05, 0.1) is 0 Å². The maximum Gasteiger partial charge on any atom is 0.213 e. The van der Waals surface area contributed by atoms with Crippen molar-refractivity contribution in [2.45, 2.75) is 46.1 Å². The van der Waals surface area contributed by atoms with Crippen LogP contribution in [0.5, 0.6) is 5.88 Å². The van der Waals surface area contributed by atoms with E-state index in [1.54, 1.807) is 0 Å². The van der Waals surface area contributed by atoms with Gasteiger partial charge < -0.3 is 4.74 Å². The van der Waals surface area contributed by atoms with Gasteiger partial charge in [0.1, 0.15) is 6.10 Å². The van der Waals surface area contributed by atoms with Gasteiger partial charge >= 0.3 is 0 Å². The van der Waals surface area contributed by atoms with Gasteiger partial charge in [-0.1, -0.05) is 19.9 Å². The van der Waals surface area contributed by atoms with Gasteiger partial charge in [-0.25, -0.2) is 4.98 Å². The van der Waals surface area contributed by atoms with E-state index < -0.39 is 0 Å². The Bertz CT molecular complexity index is 269. The van der Waals surface area contributed by atoms with Crippen LogP contribution in [0.3, 0.4) is 0 Å². The fourth-order valence-electron chi connectivity index (χ4n) is 1.24. The lowest BCUT2D eigenvalue weighted by Gasteiger charge is -2.25. The molecular weight excluding hydrogens is 174 g/mol. The first-order chi connectivity index (χ1) is 6.84. The van der Waals surface area contributed by atoms with Crippen molar-refractivity contribution < 1.29 is 4.74 Å². The second-order valence-corrected chi connectivity index (χ2v) is 3.29. The largest absolute Gasteiger partial charge is 0.474 e. The molecule has 1 heterocycles. The summed E-state index contributed by atoms with van der Waals surface area (Å²) in [6, 6.07) is 5.88. The molecule has 0 amide bonds. The van der Waals surface area contributed by atoms with Crippen molar-refractivity contribution >= 4 is 0 Å². The molecule has 78 valence electrons. The number of hydrogen-bond acceptors (Lipinski definition) is 2. The average Bonchev–Trinajstić information content (AvgIpc) is 2.15. The number of rotatable bonds is 2. The fourth-order valence-corrected chi connectivity index (χ4v) is 1.24. The molecule has 1 aliphatic carbocycles. The first-order valence-electron chi connectivity index (χ1n) is 5.45. The summed E-state index contributed by atoms with van der Waals surface area (Å²) >= 11 is 0. The molecule has 0 unspecified atom stereocenters. The Labute approximate surface area is 86.3 Å². The first kappa shape index (κ1) is 11.0. The zero-order chi connectivity index (χ0) is 10.4. The van der Waals surface area contributed by atoms with Gasteiger partial charge in [-0.3, -0.25) is 0 Å². The highest BCUT2D eigenvalue weighted by Crippen LogP contribution is 2.23. The Morgan fingerprint density at radius 2 is 2.00 bits per heavy atom. The normalized spacial score (nSPS) is 15.1. The summed E-state index contributed by atoms with van der Waals surface area (Å²) in [6.45, 7) is 5.98. The van der Waals surface area contributed by atoms with Crippen LogP contribution in [-0.4, -0.2) is 11.1 Å². The Morgan fingerprint density at radius 1 is 1.29 bits per heavy atom. The molecule has 0 bridgehead atoms. The monoisotopic (exact) mass is 193 g/mol. The Kier molecular flexibility index (Phi) is 4.44. The lowest BCUT2D eigenvalue weighted by atomic mass is 9.96. The SMILES string of the molecule is CC.Cc1cccc(OC2CCC2)n1. The molecule has 1 aliphatic rings. The van der Waals surface area contributed by atoms with Crippen molar-refractivity contribution in [3.63, 3.8) is 0 Å². The van der Waals surface area contributed by atoms with Gasteiger partial charge in [-0.2, -0.15) is 0 Å². The molecular formula is C12H19NO. The second-order valence-electron chi connectivity index (χ2n) is 3.29. The average molecular weight is 193 g/mol. The van der Waals surface area contributed by atoms with E-state index >= 15 is 0 Å². The number of nitrogens with zero attached hydrogens (tertiary/aromatic N) is 1. The molecule has 0 aromatic carbocycles. The van der Waals surface area contributed by atoms with Crippen LogP contribution in [0, 0.1) is 6.92 Å². The summed E-state index contributed by atoms with van der Waals surface area (Å²) in [6.07, 6.45) is 4.11. The predicted octanol–water partition coefficient (Wildman–Crippen LogP) is 3.35. The van der Waals surface area contributed by atoms with Gasteiger partial charge in [-0.05, 0) is 32.3 Å². The van der Waals surface area contributed by atoms with Gasteiger partial charge in [0, 0.05) is 11.8 Å². The molecule has 0 radical (unpaired) electrons. The van der Waals surface area contributed by atoms with Crippen molar-refractivity contribution in [3.05, 3.63) is 23.9 Å². The molecule has 2 nitrogen and oxygen atoms in total. The summed E-state index contributed by atoms with van der Waals surface area (Å²) in [4.78, 5) is 4.27. The van der Waals surface area contributed by atoms with Crippen LogP contribution in [0.1, 0.15) is 38.8 Å². The number of pyridine rings is 1. The summed E-state index contributed by atoms with van der Waals surface area (Å²) in [7, 11) is 0. The minimum Gasteiger partial charge on any atom is -0.474 e. The topological polar surface area (TPSA) is 22.1 Å². The maximum atomic E-state index is 5.62.